The summed E-state index contributed by atoms with van der Waals surface area (Å²) in [4.78, 5) is 13.0. The van der Waals surface area contributed by atoms with Crippen LogP contribution in [0.4, 0.5) is 4.79 Å². The van der Waals surface area contributed by atoms with Crippen LogP contribution in [0.3, 0.4) is 0 Å². The number of nitrogens with one attached hydrogen (secondary N) is 2. The fraction of sp³-hybridized carbons (Fsp3) is 0.900. The maximum atomic E-state index is 13.0. The van der Waals surface area contributed by atoms with Crippen LogP contribution in [0, 0.1) is 16.2 Å². The second-order valence-electron chi connectivity index (χ2n) is 14.9. The highest BCUT2D eigenvalue weighted by Crippen LogP contribution is 2.40. The van der Waals surface area contributed by atoms with Gasteiger partial charge in [0.05, 0.1) is 24.4 Å². The second-order valence-corrected chi connectivity index (χ2v) is 14.9. The van der Waals surface area contributed by atoms with E-state index in [9.17, 15) is 30.3 Å². The van der Waals surface area contributed by atoms with Gasteiger partial charge in [-0.1, -0.05) is 67.5 Å². The molecule has 0 aromatic heterocycles. The highest BCUT2D eigenvalue weighted by molar-refractivity contribution is 5.68. The molecule has 7 N–H and O–H groups in total. The number of amides is 1. The van der Waals surface area contributed by atoms with Gasteiger partial charge < -0.3 is 40.9 Å². The molecule has 1 amide bonds. The number of aliphatic hydroxyl groups is 5. The summed E-state index contributed by atoms with van der Waals surface area (Å²) in [5, 5.41) is 59.1. The number of carbonyl (C=O) groups excluding carboxylic acids is 1. The van der Waals surface area contributed by atoms with Crippen molar-refractivity contribution in [1.82, 2.24) is 10.6 Å². The zero-order chi connectivity index (χ0) is 30.4. The number of ether oxygens (including phenoxy) is 1. The topological polar surface area (TPSA) is 152 Å². The first kappa shape index (κ1) is 35.8. The Bertz CT molecular complexity index is 789. The molecular formula is C30H58N2O7. The highest BCUT2D eigenvalue weighted by atomic mass is 16.6. The van der Waals surface area contributed by atoms with Crippen LogP contribution < -0.4 is 10.6 Å². The van der Waals surface area contributed by atoms with Crippen molar-refractivity contribution >= 4 is 6.09 Å². The van der Waals surface area contributed by atoms with Crippen molar-refractivity contribution < 1.29 is 35.1 Å². The summed E-state index contributed by atoms with van der Waals surface area (Å²) in [7, 11) is 0. The summed E-state index contributed by atoms with van der Waals surface area (Å²) in [6.45, 7) is 20.3. The second kappa shape index (κ2) is 14.1. The maximum Gasteiger partial charge on any atom is 0.408 e. The van der Waals surface area contributed by atoms with Gasteiger partial charge in [0.1, 0.15) is 17.8 Å². The maximum absolute atomic E-state index is 13.0. The number of carbonyl (C=O) groups is 1. The first-order valence-electron chi connectivity index (χ1n) is 14.4. The fourth-order valence-corrected chi connectivity index (χ4v) is 5.94. The van der Waals surface area contributed by atoms with E-state index < -0.39 is 59.7 Å². The largest absolute Gasteiger partial charge is 0.444 e. The van der Waals surface area contributed by atoms with Gasteiger partial charge in [0, 0.05) is 19.0 Å². The Morgan fingerprint density at radius 3 is 2.03 bits per heavy atom. The Morgan fingerprint density at radius 2 is 1.51 bits per heavy atom. The number of hydrogen-bond acceptors (Lipinski definition) is 8. The summed E-state index contributed by atoms with van der Waals surface area (Å²) in [6, 6.07) is -1.47. The van der Waals surface area contributed by atoms with Crippen molar-refractivity contribution in [2.24, 2.45) is 16.2 Å². The lowest BCUT2D eigenvalue weighted by atomic mass is 9.69. The third kappa shape index (κ3) is 12.4. The highest BCUT2D eigenvalue weighted by Gasteiger charge is 2.39. The lowest BCUT2D eigenvalue weighted by Gasteiger charge is -2.40. The zero-order valence-electron chi connectivity index (χ0n) is 26.0. The van der Waals surface area contributed by atoms with Gasteiger partial charge in [0.2, 0.25) is 0 Å². The predicted molar refractivity (Wildman–Crippen MR) is 154 cm³/mol. The number of hydrogen-bond donors (Lipinski definition) is 7. The average molecular weight is 559 g/mol. The first-order chi connectivity index (χ1) is 17.6. The van der Waals surface area contributed by atoms with Gasteiger partial charge >= 0.3 is 6.09 Å². The van der Waals surface area contributed by atoms with E-state index >= 15 is 0 Å². The van der Waals surface area contributed by atoms with E-state index in [1.807, 2.05) is 27.7 Å². The minimum atomic E-state index is -1.37. The molecule has 0 saturated heterocycles. The third-order valence-corrected chi connectivity index (χ3v) is 7.54. The molecular weight excluding hydrogens is 500 g/mol. The van der Waals surface area contributed by atoms with E-state index in [0.29, 0.717) is 12.8 Å². The zero-order valence-corrected chi connectivity index (χ0v) is 26.0. The molecule has 0 saturated carbocycles. The molecule has 0 bridgehead atoms. The van der Waals surface area contributed by atoms with Crippen LogP contribution in [0.15, 0.2) is 12.2 Å². The molecule has 0 aromatic carbocycles. The Hall–Kier alpha value is -1.23. The van der Waals surface area contributed by atoms with Crippen molar-refractivity contribution in [3.05, 3.63) is 12.2 Å². The normalized spacial score (nSPS) is 26.7. The molecule has 230 valence electrons. The van der Waals surface area contributed by atoms with Crippen molar-refractivity contribution in [3.8, 4) is 0 Å². The molecule has 0 radical (unpaired) electrons. The van der Waals surface area contributed by atoms with Gasteiger partial charge in [-0.25, -0.2) is 4.79 Å². The van der Waals surface area contributed by atoms with Crippen LogP contribution in [0.25, 0.3) is 0 Å². The summed E-state index contributed by atoms with van der Waals surface area (Å²) in [5.74, 6) is 0. The monoisotopic (exact) mass is 558 g/mol. The molecule has 8 unspecified atom stereocenters. The summed E-state index contributed by atoms with van der Waals surface area (Å²) in [5.41, 5.74) is -1.27. The minimum Gasteiger partial charge on any atom is -0.444 e. The Morgan fingerprint density at radius 1 is 0.949 bits per heavy atom. The van der Waals surface area contributed by atoms with E-state index in [0.717, 1.165) is 12.8 Å². The van der Waals surface area contributed by atoms with Gasteiger partial charge in [-0.2, -0.15) is 0 Å². The molecule has 8 atom stereocenters. The fourth-order valence-electron chi connectivity index (χ4n) is 5.94. The SMILES string of the molecule is CCC(C)(CC(C)(C)C)C(O)CC(O)C(CNC1CC=CC(O)C(O)C1O)NC(=O)OC(C)(C)CC(C)(C)C. The molecule has 39 heavy (non-hydrogen) atoms. The standard InChI is InChI=1S/C30H58N2O7/c1-11-30(10,18-28(5,6)7)23(35)15-22(34)20(32-26(38)39-29(8,9)17-27(2,3)4)16-31-19-13-12-14-21(33)25(37)24(19)36/h12,14,19-25,31,33-37H,11,13,15-18H2,1-10H3,(H,32,38). The molecule has 9 heteroatoms. The quantitative estimate of drug-likeness (QED) is 0.180. The first-order valence-corrected chi connectivity index (χ1v) is 14.4. The van der Waals surface area contributed by atoms with Gasteiger partial charge in [0.25, 0.3) is 0 Å². The van der Waals surface area contributed by atoms with Crippen molar-refractivity contribution in [2.45, 2.75) is 150 Å². The van der Waals surface area contributed by atoms with Crippen LogP contribution >= 0.6 is 0 Å². The Kier molecular flexibility index (Phi) is 12.9. The summed E-state index contributed by atoms with van der Waals surface area (Å²) >= 11 is 0. The van der Waals surface area contributed by atoms with E-state index in [-0.39, 0.29) is 23.8 Å². The van der Waals surface area contributed by atoms with Crippen molar-refractivity contribution in [3.63, 3.8) is 0 Å². The Labute approximate surface area is 236 Å². The van der Waals surface area contributed by atoms with Gasteiger partial charge in [0.15, 0.2) is 0 Å². The Balaban J connectivity index is 3.08. The molecule has 1 rings (SSSR count). The minimum absolute atomic E-state index is 0.0209. The smallest absolute Gasteiger partial charge is 0.408 e. The third-order valence-electron chi connectivity index (χ3n) is 7.54. The lowest BCUT2D eigenvalue weighted by molar-refractivity contribution is -0.0545. The van der Waals surface area contributed by atoms with Crippen LogP contribution in [-0.2, 0) is 4.74 Å². The van der Waals surface area contributed by atoms with E-state index in [1.165, 1.54) is 6.08 Å². The summed E-state index contributed by atoms with van der Waals surface area (Å²) < 4.78 is 5.73. The van der Waals surface area contributed by atoms with Crippen LogP contribution in [-0.4, -0.2) is 86.4 Å². The van der Waals surface area contributed by atoms with Gasteiger partial charge in [-0.3, -0.25) is 0 Å². The molecule has 0 aromatic rings. The molecule has 0 spiro atoms. The number of aliphatic hydroxyl groups excluding tert-OH is 5. The molecule has 0 aliphatic heterocycles. The van der Waals surface area contributed by atoms with Crippen LogP contribution in [0.1, 0.15) is 101 Å². The molecule has 0 fully saturated rings. The van der Waals surface area contributed by atoms with E-state index in [1.54, 1.807) is 6.08 Å². The number of alkyl carbamates (subject to hydrolysis) is 1. The van der Waals surface area contributed by atoms with Crippen LogP contribution in [0.5, 0.6) is 0 Å². The van der Waals surface area contributed by atoms with E-state index in [2.05, 4.69) is 52.2 Å². The van der Waals surface area contributed by atoms with Crippen LogP contribution in [0.2, 0.25) is 0 Å². The summed E-state index contributed by atoms with van der Waals surface area (Å²) in [6.07, 6.45) is -0.858. The van der Waals surface area contributed by atoms with Gasteiger partial charge in [-0.05, 0) is 55.8 Å². The van der Waals surface area contributed by atoms with E-state index in [4.69, 9.17) is 4.74 Å². The van der Waals surface area contributed by atoms with Crippen molar-refractivity contribution in [1.29, 1.82) is 0 Å². The average Bonchev–Trinajstić information content (AvgIpc) is 2.86. The molecule has 9 nitrogen and oxygen atoms in total. The molecule has 0 heterocycles. The number of rotatable bonds is 12. The lowest BCUT2D eigenvalue weighted by Crippen LogP contribution is -2.56. The molecule has 1 aliphatic rings. The van der Waals surface area contributed by atoms with Gasteiger partial charge in [-0.15, -0.1) is 0 Å². The molecule has 1 aliphatic carbocycles. The predicted octanol–water partition coefficient (Wildman–Crippen LogP) is 3.26. The van der Waals surface area contributed by atoms with Crippen molar-refractivity contribution in [2.75, 3.05) is 6.54 Å².